The Kier molecular flexibility index (Phi) is 11.3. The molecule has 1 aromatic rings. The van der Waals surface area contributed by atoms with E-state index in [9.17, 15) is 4.79 Å². The lowest BCUT2D eigenvalue weighted by atomic mass is 9.91. The predicted molar refractivity (Wildman–Crippen MR) is 112 cm³/mol. The number of rotatable bonds is 14. The Labute approximate surface area is 161 Å². The summed E-state index contributed by atoms with van der Waals surface area (Å²) in [4.78, 5) is 10.6. The van der Waals surface area contributed by atoms with Crippen LogP contribution in [0.5, 0.6) is 0 Å². The first-order valence-corrected chi connectivity index (χ1v) is 10.7. The van der Waals surface area contributed by atoms with Gasteiger partial charge in [0.2, 0.25) is 0 Å². The number of aliphatic carboxylic acids is 1. The van der Waals surface area contributed by atoms with Gasteiger partial charge in [0.1, 0.15) is 0 Å². The Hall–Kier alpha value is -1.31. The van der Waals surface area contributed by atoms with Crippen molar-refractivity contribution in [3.63, 3.8) is 0 Å². The van der Waals surface area contributed by atoms with E-state index in [-0.39, 0.29) is 6.42 Å². The number of hydrogen-bond donors (Lipinski definition) is 1. The van der Waals surface area contributed by atoms with E-state index in [2.05, 4.69) is 52.0 Å². The molecular formula is C24H40O2. The molecule has 0 fully saturated rings. The fourth-order valence-electron chi connectivity index (χ4n) is 3.62. The zero-order chi connectivity index (χ0) is 19.4. The summed E-state index contributed by atoms with van der Waals surface area (Å²) in [6.07, 6.45) is 11.1. The molecule has 1 rings (SSSR count). The molecule has 0 bridgehead atoms. The van der Waals surface area contributed by atoms with Crippen LogP contribution in [0.4, 0.5) is 0 Å². The van der Waals surface area contributed by atoms with Crippen molar-refractivity contribution in [2.45, 2.75) is 91.9 Å². The summed E-state index contributed by atoms with van der Waals surface area (Å²) in [6, 6.07) is 8.78. The molecule has 0 radical (unpaired) electrons. The lowest BCUT2D eigenvalue weighted by Gasteiger charge is -2.15. The third kappa shape index (κ3) is 11.3. The Morgan fingerprint density at radius 1 is 0.808 bits per heavy atom. The summed E-state index contributed by atoms with van der Waals surface area (Å²) in [5.74, 6) is 1.73. The van der Waals surface area contributed by atoms with Crippen molar-refractivity contribution in [3.05, 3.63) is 35.4 Å². The molecular weight excluding hydrogens is 320 g/mol. The largest absolute Gasteiger partial charge is 0.481 e. The summed E-state index contributed by atoms with van der Waals surface area (Å²) in [5, 5.41) is 8.70. The van der Waals surface area contributed by atoms with Crippen LogP contribution in [-0.4, -0.2) is 11.1 Å². The van der Waals surface area contributed by atoms with Crippen LogP contribution in [0.1, 0.15) is 90.2 Å². The van der Waals surface area contributed by atoms with Crippen molar-refractivity contribution in [2.75, 3.05) is 0 Å². The Balaban J connectivity index is 2.20. The van der Waals surface area contributed by atoms with Gasteiger partial charge in [-0.1, -0.05) is 90.5 Å². The van der Waals surface area contributed by atoms with Crippen molar-refractivity contribution in [3.8, 4) is 0 Å². The quantitative estimate of drug-likeness (QED) is 0.391. The van der Waals surface area contributed by atoms with Crippen LogP contribution in [-0.2, 0) is 17.6 Å². The second kappa shape index (κ2) is 12.9. The molecule has 0 aromatic heterocycles. The maximum Gasteiger partial charge on any atom is 0.303 e. The van der Waals surface area contributed by atoms with Crippen molar-refractivity contribution in [1.29, 1.82) is 0 Å². The maximum atomic E-state index is 10.6. The topological polar surface area (TPSA) is 37.3 Å². The number of aryl methyl sites for hydroxylation is 1. The zero-order valence-corrected chi connectivity index (χ0v) is 17.5. The number of hydrogen-bond acceptors (Lipinski definition) is 1. The molecule has 26 heavy (non-hydrogen) atoms. The minimum absolute atomic E-state index is 0.259. The molecule has 2 atom stereocenters. The maximum absolute atomic E-state index is 10.6. The average Bonchev–Trinajstić information content (AvgIpc) is 2.56. The van der Waals surface area contributed by atoms with Crippen LogP contribution in [0.3, 0.4) is 0 Å². The van der Waals surface area contributed by atoms with E-state index in [4.69, 9.17) is 5.11 Å². The smallest absolute Gasteiger partial charge is 0.303 e. The van der Waals surface area contributed by atoms with E-state index in [1.807, 2.05) is 0 Å². The van der Waals surface area contributed by atoms with E-state index >= 15 is 0 Å². The van der Waals surface area contributed by atoms with Crippen LogP contribution in [0, 0.1) is 17.8 Å². The van der Waals surface area contributed by atoms with Crippen LogP contribution in [0.25, 0.3) is 0 Å². The first-order valence-electron chi connectivity index (χ1n) is 10.7. The summed E-state index contributed by atoms with van der Waals surface area (Å²) in [7, 11) is 0. The average molecular weight is 361 g/mol. The van der Waals surface area contributed by atoms with Gasteiger partial charge >= 0.3 is 5.97 Å². The highest BCUT2D eigenvalue weighted by Gasteiger charge is 2.07. The molecule has 0 saturated heterocycles. The SMILES string of the molecule is CC(C)CCCC(C)CCCC(C)Cc1ccc(CCCC(=O)O)cc1. The predicted octanol–water partition coefficient (Wildman–Crippen LogP) is 6.91. The fraction of sp³-hybridized carbons (Fsp3) is 0.708. The lowest BCUT2D eigenvalue weighted by molar-refractivity contribution is -0.137. The summed E-state index contributed by atoms with van der Waals surface area (Å²) < 4.78 is 0. The van der Waals surface area contributed by atoms with Gasteiger partial charge in [0.05, 0.1) is 0 Å². The first-order chi connectivity index (χ1) is 12.4. The van der Waals surface area contributed by atoms with Gasteiger partial charge < -0.3 is 5.11 Å². The minimum atomic E-state index is -0.704. The van der Waals surface area contributed by atoms with Crippen molar-refractivity contribution >= 4 is 5.97 Å². The summed E-state index contributed by atoms with van der Waals surface area (Å²) in [5.41, 5.74) is 2.65. The van der Waals surface area contributed by atoms with Gasteiger partial charge in [-0.05, 0) is 48.1 Å². The van der Waals surface area contributed by atoms with Gasteiger partial charge in [-0.3, -0.25) is 4.79 Å². The molecule has 1 aromatic carbocycles. The molecule has 0 saturated carbocycles. The Morgan fingerprint density at radius 3 is 1.92 bits per heavy atom. The molecule has 1 N–H and O–H groups in total. The zero-order valence-electron chi connectivity index (χ0n) is 17.5. The Bertz CT molecular complexity index is 489. The number of carboxylic acid groups (broad SMARTS) is 1. The molecule has 0 aliphatic heterocycles. The van der Waals surface area contributed by atoms with Gasteiger partial charge in [0, 0.05) is 6.42 Å². The number of benzene rings is 1. The van der Waals surface area contributed by atoms with Gasteiger partial charge in [-0.2, -0.15) is 0 Å². The minimum Gasteiger partial charge on any atom is -0.481 e. The monoisotopic (exact) mass is 360 g/mol. The summed E-state index contributed by atoms with van der Waals surface area (Å²) in [6.45, 7) is 9.40. The van der Waals surface area contributed by atoms with E-state index in [1.165, 1.54) is 49.7 Å². The van der Waals surface area contributed by atoms with Crippen LogP contribution in [0.2, 0.25) is 0 Å². The van der Waals surface area contributed by atoms with E-state index < -0.39 is 5.97 Å². The Morgan fingerprint density at radius 2 is 1.35 bits per heavy atom. The third-order valence-electron chi connectivity index (χ3n) is 5.34. The highest BCUT2D eigenvalue weighted by Crippen LogP contribution is 2.21. The van der Waals surface area contributed by atoms with E-state index in [0.717, 1.165) is 37.0 Å². The van der Waals surface area contributed by atoms with E-state index in [0.29, 0.717) is 0 Å². The van der Waals surface area contributed by atoms with Crippen molar-refractivity contribution in [1.82, 2.24) is 0 Å². The molecule has 2 nitrogen and oxygen atoms in total. The van der Waals surface area contributed by atoms with Gasteiger partial charge in [0.15, 0.2) is 0 Å². The highest BCUT2D eigenvalue weighted by atomic mass is 16.4. The highest BCUT2D eigenvalue weighted by molar-refractivity contribution is 5.66. The van der Waals surface area contributed by atoms with Crippen LogP contribution < -0.4 is 0 Å². The molecule has 0 spiro atoms. The molecule has 2 unspecified atom stereocenters. The van der Waals surface area contributed by atoms with Gasteiger partial charge in [-0.25, -0.2) is 0 Å². The van der Waals surface area contributed by atoms with E-state index in [1.54, 1.807) is 0 Å². The van der Waals surface area contributed by atoms with Crippen LogP contribution >= 0.6 is 0 Å². The van der Waals surface area contributed by atoms with Crippen LogP contribution in [0.15, 0.2) is 24.3 Å². The number of carboxylic acids is 1. The fourth-order valence-corrected chi connectivity index (χ4v) is 3.62. The second-order valence-corrected chi connectivity index (χ2v) is 8.73. The molecule has 0 aliphatic carbocycles. The van der Waals surface area contributed by atoms with Crippen molar-refractivity contribution < 1.29 is 9.90 Å². The second-order valence-electron chi connectivity index (χ2n) is 8.73. The summed E-state index contributed by atoms with van der Waals surface area (Å²) >= 11 is 0. The first kappa shape index (κ1) is 22.7. The molecule has 0 heterocycles. The van der Waals surface area contributed by atoms with Gasteiger partial charge in [0.25, 0.3) is 0 Å². The molecule has 148 valence electrons. The number of carbonyl (C=O) groups is 1. The third-order valence-corrected chi connectivity index (χ3v) is 5.34. The van der Waals surface area contributed by atoms with Gasteiger partial charge in [-0.15, -0.1) is 0 Å². The lowest BCUT2D eigenvalue weighted by Crippen LogP contribution is -2.03. The molecule has 0 aliphatic rings. The van der Waals surface area contributed by atoms with Crippen molar-refractivity contribution in [2.24, 2.45) is 17.8 Å². The standard InChI is InChI=1S/C24H40O2/c1-19(2)8-5-9-20(3)10-6-11-21(4)18-23-16-14-22(15-17-23)12-7-13-24(25)26/h14-17,19-21H,5-13,18H2,1-4H3,(H,25,26). The molecule has 2 heteroatoms. The normalized spacial score (nSPS) is 13.7. The molecule has 0 amide bonds.